The first-order chi connectivity index (χ1) is 9.47. The summed E-state index contributed by atoms with van der Waals surface area (Å²) in [6, 6.07) is 12.1. The molecule has 0 amide bonds. The molecule has 1 unspecified atom stereocenters. The Morgan fingerprint density at radius 2 is 1.80 bits per heavy atom. The highest BCUT2D eigenvalue weighted by molar-refractivity contribution is 6.32. The molecule has 2 rings (SSSR count). The van der Waals surface area contributed by atoms with Gasteiger partial charge in [0, 0.05) is 22.8 Å². The highest BCUT2D eigenvalue weighted by Crippen LogP contribution is 2.29. The van der Waals surface area contributed by atoms with Crippen LogP contribution in [0, 0.1) is 10.1 Å². The van der Waals surface area contributed by atoms with E-state index in [4.69, 9.17) is 23.2 Å². The average molecular weight is 311 g/mol. The fraction of sp³-hybridized carbons (Fsp3) is 0.143. The van der Waals surface area contributed by atoms with Crippen LogP contribution < -0.4 is 5.32 Å². The lowest BCUT2D eigenvalue weighted by atomic mass is 10.1. The van der Waals surface area contributed by atoms with Gasteiger partial charge in [-0.25, -0.2) is 0 Å². The number of halogens is 2. The van der Waals surface area contributed by atoms with Gasteiger partial charge in [0.2, 0.25) is 0 Å². The number of nitro benzene ring substituents is 1. The maximum Gasteiger partial charge on any atom is 0.289 e. The predicted octanol–water partition coefficient (Wildman–Crippen LogP) is 5.07. The molecule has 0 radical (unpaired) electrons. The average Bonchev–Trinajstić information content (AvgIpc) is 2.41. The predicted molar refractivity (Wildman–Crippen MR) is 81.6 cm³/mol. The molecular formula is C14H12Cl2N2O2. The number of anilines is 1. The van der Waals surface area contributed by atoms with Crippen molar-refractivity contribution in [3.8, 4) is 0 Å². The molecule has 0 spiro atoms. The molecule has 0 saturated heterocycles. The SMILES string of the molecule is CC(Nc1ccc(Cl)c([N+](=O)[O-])c1)c1ccc(Cl)cc1. The lowest BCUT2D eigenvalue weighted by molar-refractivity contribution is -0.384. The van der Waals surface area contributed by atoms with Gasteiger partial charge in [-0.1, -0.05) is 35.3 Å². The smallest absolute Gasteiger partial charge is 0.289 e. The Labute approximate surface area is 126 Å². The van der Waals surface area contributed by atoms with Gasteiger partial charge in [-0.05, 0) is 36.8 Å². The summed E-state index contributed by atoms with van der Waals surface area (Å²) in [5, 5.41) is 14.8. The summed E-state index contributed by atoms with van der Waals surface area (Å²) < 4.78 is 0. The largest absolute Gasteiger partial charge is 0.378 e. The van der Waals surface area contributed by atoms with Crippen molar-refractivity contribution >= 4 is 34.6 Å². The number of nitro groups is 1. The quantitative estimate of drug-likeness (QED) is 0.633. The summed E-state index contributed by atoms with van der Waals surface area (Å²) in [6.07, 6.45) is 0. The van der Waals surface area contributed by atoms with E-state index in [1.807, 2.05) is 19.1 Å². The lowest BCUT2D eigenvalue weighted by Gasteiger charge is -2.15. The monoisotopic (exact) mass is 310 g/mol. The summed E-state index contributed by atoms with van der Waals surface area (Å²) >= 11 is 11.6. The number of nitrogens with zero attached hydrogens (tertiary/aromatic N) is 1. The molecule has 20 heavy (non-hydrogen) atoms. The molecular weight excluding hydrogens is 299 g/mol. The number of rotatable bonds is 4. The second kappa shape index (κ2) is 6.11. The number of nitrogens with one attached hydrogen (secondary N) is 1. The minimum Gasteiger partial charge on any atom is -0.378 e. The number of hydrogen-bond acceptors (Lipinski definition) is 3. The number of hydrogen-bond donors (Lipinski definition) is 1. The van der Waals surface area contributed by atoms with Gasteiger partial charge in [-0.3, -0.25) is 10.1 Å². The molecule has 0 saturated carbocycles. The molecule has 0 heterocycles. The van der Waals surface area contributed by atoms with Crippen LogP contribution in [0.4, 0.5) is 11.4 Å². The molecule has 1 atom stereocenters. The second-order valence-corrected chi connectivity index (χ2v) is 5.18. The zero-order valence-electron chi connectivity index (χ0n) is 10.6. The summed E-state index contributed by atoms with van der Waals surface area (Å²) in [4.78, 5) is 10.3. The highest BCUT2D eigenvalue weighted by Gasteiger charge is 2.14. The van der Waals surface area contributed by atoms with Gasteiger partial charge in [0.15, 0.2) is 0 Å². The first kappa shape index (κ1) is 14.6. The molecule has 6 heteroatoms. The normalized spacial score (nSPS) is 11.9. The molecule has 1 N–H and O–H groups in total. The molecule has 0 bridgehead atoms. The fourth-order valence-corrected chi connectivity index (χ4v) is 2.14. The minimum absolute atomic E-state index is 0.00644. The van der Waals surface area contributed by atoms with Crippen LogP contribution in [0.5, 0.6) is 0 Å². The standard InChI is InChI=1S/C14H12Cl2N2O2/c1-9(10-2-4-11(15)5-3-10)17-12-6-7-13(16)14(8-12)18(19)20/h2-9,17H,1H3. The van der Waals surface area contributed by atoms with E-state index in [0.29, 0.717) is 10.7 Å². The van der Waals surface area contributed by atoms with Crippen molar-refractivity contribution in [3.63, 3.8) is 0 Å². The van der Waals surface area contributed by atoms with E-state index >= 15 is 0 Å². The van der Waals surface area contributed by atoms with Crippen LogP contribution in [-0.2, 0) is 0 Å². The Morgan fingerprint density at radius 3 is 2.40 bits per heavy atom. The molecule has 2 aromatic carbocycles. The summed E-state index contributed by atoms with van der Waals surface area (Å²) in [5.74, 6) is 0. The van der Waals surface area contributed by atoms with Crippen LogP contribution >= 0.6 is 23.2 Å². The molecule has 0 aliphatic heterocycles. The zero-order chi connectivity index (χ0) is 14.7. The van der Waals surface area contributed by atoms with E-state index in [2.05, 4.69) is 5.32 Å². The van der Waals surface area contributed by atoms with Crippen LogP contribution in [0.15, 0.2) is 42.5 Å². The third kappa shape index (κ3) is 3.40. The van der Waals surface area contributed by atoms with Crippen LogP contribution in [0.25, 0.3) is 0 Å². The van der Waals surface area contributed by atoms with Crippen LogP contribution in [0.3, 0.4) is 0 Å². The van der Waals surface area contributed by atoms with Crippen LogP contribution in [0.1, 0.15) is 18.5 Å². The minimum atomic E-state index is -0.500. The number of benzene rings is 2. The zero-order valence-corrected chi connectivity index (χ0v) is 12.2. The van der Waals surface area contributed by atoms with Crippen molar-refractivity contribution < 1.29 is 4.92 Å². The van der Waals surface area contributed by atoms with Crippen molar-refractivity contribution in [1.82, 2.24) is 0 Å². The Hall–Kier alpha value is -1.78. The third-order valence-corrected chi connectivity index (χ3v) is 3.47. The Kier molecular flexibility index (Phi) is 4.47. The Balaban J connectivity index is 2.19. The van der Waals surface area contributed by atoms with E-state index in [1.54, 1.807) is 18.2 Å². The van der Waals surface area contributed by atoms with E-state index < -0.39 is 4.92 Å². The molecule has 2 aromatic rings. The third-order valence-electron chi connectivity index (χ3n) is 2.90. The topological polar surface area (TPSA) is 55.2 Å². The van der Waals surface area contributed by atoms with Crippen LogP contribution in [0.2, 0.25) is 10.0 Å². The highest BCUT2D eigenvalue weighted by atomic mass is 35.5. The summed E-state index contributed by atoms with van der Waals surface area (Å²) in [6.45, 7) is 1.96. The molecule has 0 aliphatic carbocycles. The van der Waals surface area contributed by atoms with E-state index in [1.165, 1.54) is 12.1 Å². The van der Waals surface area contributed by atoms with Crippen molar-refractivity contribution in [3.05, 3.63) is 68.2 Å². The molecule has 0 fully saturated rings. The van der Waals surface area contributed by atoms with Crippen molar-refractivity contribution in [2.45, 2.75) is 13.0 Å². The summed E-state index contributed by atoms with van der Waals surface area (Å²) in [7, 11) is 0. The molecule has 104 valence electrons. The van der Waals surface area contributed by atoms with Crippen LogP contribution in [-0.4, -0.2) is 4.92 Å². The fourth-order valence-electron chi connectivity index (χ4n) is 1.83. The van der Waals surface area contributed by atoms with Crippen molar-refractivity contribution in [2.75, 3.05) is 5.32 Å². The van der Waals surface area contributed by atoms with Gasteiger partial charge in [0.05, 0.1) is 4.92 Å². The van der Waals surface area contributed by atoms with E-state index in [9.17, 15) is 10.1 Å². The van der Waals surface area contributed by atoms with Gasteiger partial charge < -0.3 is 5.32 Å². The summed E-state index contributed by atoms with van der Waals surface area (Å²) in [5.41, 5.74) is 1.57. The maximum atomic E-state index is 10.8. The maximum absolute atomic E-state index is 10.8. The van der Waals surface area contributed by atoms with Gasteiger partial charge in [0.1, 0.15) is 5.02 Å². The molecule has 0 aromatic heterocycles. The van der Waals surface area contributed by atoms with Crippen molar-refractivity contribution in [1.29, 1.82) is 0 Å². The second-order valence-electron chi connectivity index (χ2n) is 4.34. The first-order valence-electron chi connectivity index (χ1n) is 5.93. The Morgan fingerprint density at radius 1 is 1.15 bits per heavy atom. The van der Waals surface area contributed by atoms with E-state index in [-0.39, 0.29) is 16.8 Å². The van der Waals surface area contributed by atoms with Gasteiger partial charge in [0.25, 0.3) is 5.69 Å². The lowest BCUT2D eigenvalue weighted by Crippen LogP contribution is -2.06. The van der Waals surface area contributed by atoms with Gasteiger partial charge >= 0.3 is 0 Å². The molecule has 4 nitrogen and oxygen atoms in total. The van der Waals surface area contributed by atoms with Crippen molar-refractivity contribution in [2.24, 2.45) is 0 Å². The van der Waals surface area contributed by atoms with Gasteiger partial charge in [-0.2, -0.15) is 0 Å². The first-order valence-corrected chi connectivity index (χ1v) is 6.69. The van der Waals surface area contributed by atoms with Gasteiger partial charge in [-0.15, -0.1) is 0 Å². The Bertz CT molecular complexity index is 630. The van der Waals surface area contributed by atoms with E-state index in [0.717, 1.165) is 5.56 Å². The molecule has 0 aliphatic rings.